The highest BCUT2D eigenvalue weighted by Gasteiger charge is 2.32. The Hall–Kier alpha value is -2.61. The van der Waals surface area contributed by atoms with E-state index in [9.17, 15) is 9.59 Å². The molecule has 1 aromatic heterocycles. The Bertz CT molecular complexity index is 900. The van der Waals surface area contributed by atoms with Crippen molar-refractivity contribution in [3.63, 3.8) is 0 Å². The maximum atomic E-state index is 12.3. The molecule has 0 radical (unpaired) electrons. The number of carbonyl (C=O) groups excluding carboxylic acids is 2. The number of rotatable bonds is 5. The number of nitrogen functional groups attached to an aromatic ring is 1. The number of aromatic nitrogens is 2. The standard InChI is InChI=1S/C19H23N5O2S/c1-4-21-16(25)11-7-6-10(3)12(8-11)15-13-9-14(17(26)22-5-2)27-18(13)24-19(20)23-15/h6-8,14H,4-5,9H2,1-3H3,(H,21,25)(H,22,26)(H2,20,23,24). The summed E-state index contributed by atoms with van der Waals surface area (Å²) in [5.41, 5.74) is 9.91. The van der Waals surface area contributed by atoms with Crippen LogP contribution < -0.4 is 16.4 Å². The number of anilines is 1. The van der Waals surface area contributed by atoms with Gasteiger partial charge >= 0.3 is 0 Å². The van der Waals surface area contributed by atoms with E-state index in [1.54, 1.807) is 6.07 Å². The lowest BCUT2D eigenvalue weighted by Crippen LogP contribution is -2.32. The first-order chi connectivity index (χ1) is 12.9. The summed E-state index contributed by atoms with van der Waals surface area (Å²) in [6, 6.07) is 5.52. The molecule has 2 aromatic rings. The SMILES string of the molecule is CCNC(=O)c1ccc(C)c(-c2nc(N)nc3c2CC(C(=O)NCC)S3)c1. The number of nitrogens with zero attached hydrogens (tertiary/aromatic N) is 2. The molecule has 0 bridgehead atoms. The summed E-state index contributed by atoms with van der Waals surface area (Å²) in [6.45, 7) is 6.88. The van der Waals surface area contributed by atoms with Gasteiger partial charge in [-0.25, -0.2) is 9.97 Å². The molecule has 1 aliphatic heterocycles. The molecule has 0 fully saturated rings. The number of nitrogens with one attached hydrogen (secondary N) is 2. The number of nitrogens with two attached hydrogens (primary N) is 1. The number of aryl methyl sites for hydroxylation is 1. The normalized spacial score (nSPS) is 15.3. The van der Waals surface area contributed by atoms with Gasteiger partial charge in [0, 0.05) is 29.8 Å². The smallest absolute Gasteiger partial charge is 0.251 e. The van der Waals surface area contributed by atoms with Crippen molar-refractivity contribution in [1.29, 1.82) is 0 Å². The molecule has 1 unspecified atom stereocenters. The van der Waals surface area contributed by atoms with Crippen LogP contribution in [0, 0.1) is 6.92 Å². The lowest BCUT2D eigenvalue weighted by Gasteiger charge is -2.12. The van der Waals surface area contributed by atoms with Crippen molar-refractivity contribution in [2.24, 2.45) is 0 Å². The van der Waals surface area contributed by atoms with E-state index in [2.05, 4.69) is 20.6 Å². The van der Waals surface area contributed by atoms with Gasteiger partial charge in [0.15, 0.2) is 0 Å². The molecule has 8 heteroatoms. The van der Waals surface area contributed by atoms with Crippen molar-refractivity contribution < 1.29 is 9.59 Å². The van der Waals surface area contributed by atoms with Crippen molar-refractivity contribution in [3.05, 3.63) is 34.9 Å². The summed E-state index contributed by atoms with van der Waals surface area (Å²) in [5, 5.41) is 6.14. The maximum Gasteiger partial charge on any atom is 0.251 e. The van der Waals surface area contributed by atoms with Crippen LogP contribution in [0.15, 0.2) is 23.2 Å². The van der Waals surface area contributed by atoms with Crippen molar-refractivity contribution in [1.82, 2.24) is 20.6 Å². The van der Waals surface area contributed by atoms with Gasteiger partial charge in [0.05, 0.1) is 10.9 Å². The number of fused-ring (bicyclic) bond motifs is 1. The summed E-state index contributed by atoms with van der Waals surface area (Å²) < 4.78 is 0. The predicted octanol–water partition coefficient (Wildman–Crippen LogP) is 1.94. The van der Waals surface area contributed by atoms with Gasteiger partial charge in [-0.2, -0.15) is 0 Å². The fraction of sp³-hybridized carbons (Fsp3) is 0.368. The Labute approximate surface area is 162 Å². The van der Waals surface area contributed by atoms with Crippen LogP contribution in [-0.2, 0) is 11.2 Å². The van der Waals surface area contributed by atoms with Gasteiger partial charge in [0.1, 0.15) is 5.03 Å². The molecule has 1 aromatic carbocycles. The highest BCUT2D eigenvalue weighted by Crippen LogP contribution is 2.41. The lowest BCUT2D eigenvalue weighted by atomic mass is 9.97. The lowest BCUT2D eigenvalue weighted by molar-refractivity contribution is -0.120. The minimum Gasteiger partial charge on any atom is -0.368 e. The van der Waals surface area contributed by atoms with Crippen LogP contribution in [0.2, 0.25) is 0 Å². The minimum absolute atomic E-state index is 0.0159. The topological polar surface area (TPSA) is 110 Å². The van der Waals surface area contributed by atoms with E-state index in [0.717, 1.165) is 21.7 Å². The van der Waals surface area contributed by atoms with Gasteiger partial charge in [-0.1, -0.05) is 17.8 Å². The Balaban J connectivity index is 2.04. The van der Waals surface area contributed by atoms with Gasteiger partial charge in [-0.15, -0.1) is 0 Å². The Morgan fingerprint density at radius 2 is 1.96 bits per heavy atom. The number of hydrogen-bond acceptors (Lipinski definition) is 6. The first-order valence-corrected chi connectivity index (χ1v) is 9.82. The molecule has 4 N–H and O–H groups in total. The third-order valence-electron chi connectivity index (χ3n) is 4.37. The molecular weight excluding hydrogens is 362 g/mol. The van der Waals surface area contributed by atoms with Gasteiger partial charge in [-0.05, 0) is 44.9 Å². The first kappa shape index (κ1) is 19.2. The monoisotopic (exact) mass is 385 g/mol. The van der Waals surface area contributed by atoms with Crippen LogP contribution in [0.25, 0.3) is 11.3 Å². The predicted molar refractivity (Wildman–Crippen MR) is 107 cm³/mol. The molecule has 1 aliphatic rings. The molecule has 2 amide bonds. The van der Waals surface area contributed by atoms with E-state index < -0.39 is 0 Å². The zero-order valence-electron chi connectivity index (χ0n) is 15.6. The second kappa shape index (κ2) is 7.96. The average Bonchev–Trinajstić information content (AvgIpc) is 3.06. The fourth-order valence-corrected chi connectivity index (χ4v) is 4.24. The third kappa shape index (κ3) is 3.90. The molecule has 0 aliphatic carbocycles. The van der Waals surface area contributed by atoms with Gasteiger partial charge in [0.2, 0.25) is 11.9 Å². The average molecular weight is 385 g/mol. The van der Waals surface area contributed by atoms with Crippen molar-refractivity contribution in [2.75, 3.05) is 18.8 Å². The number of hydrogen-bond donors (Lipinski definition) is 3. The van der Waals surface area contributed by atoms with E-state index in [1.165, 1.54) is 11.8 Å². The summed E-state index contributed by atoms with van der Waals surface area (Å²) in [7, 11) is 0. The van der Waals surface area contributed by atoms with E-state index in [1.807, 2.05) is 32.9 Å². The third-order valence-corrected chi connectivity index (χ3v) is 5.59. The second-order valence-corrected chi connectivity index (χ2v) is 7.50. The van der Waals surface area contributed by atoms with Gasteiger partial charge < -0.3 is 16.4 Å². The molecule has 3 rings (SSSR count). The van der Waals surface area contributed by atoms with Crippen molar-refractivity contribution >= 4 is 29.5 Å². The Morgan fingerprint density at radius 3 is 2.67 bits per heavy atom. The van der Waals surface area contributed by atoms with Crippen LogP contribution in [0.5, 0.6) is 0 Å². The summed E-state index contributed by atoms with van der Waals surface area (Å²) in [5.74, 6) is 0.0143. The molecule has 27 heavy (non-hydrogen) atoms. The highest BCUT2D eigenvalue weighted by atomic mass is 32.2. The van der Waals surface area contributed by atoms with Crippen LogP contribution in [0.4, 0.5) is 5.95 Å². The minimum atomic E-state index is -0.248. The second-order valence-electron chi connectivity index (χ2n) is 6.31. The number of amides is 2. The van der Waals surface area contributed by atoms with E-state index in [0.29, 0.717) is 30.8 Å². The molecule has 2 heterocycles. The van der Waals surface area contributed by atoms with E-state index in [-0.39, 0.29) is 23.0 Å². The molecule has 7 nitrogen and oxygen atoms in total. The Kier molecular flexibility index (Phi) is 5.65. The highest BCUT2D eigenvalue weighted by molar-refractivity contribution is 8.00. The molecule has 1 atom stereocenters. The van der Waals surface area contributed by atoms with Gasteiger partial charge in [0.25, 0.3) is 5.91 Å². The molecule has 142 valence electrons. The zero-order chi connectivity index (χ0) is 19.6. The molecule has 0 saturated heterocycles. The molecule has 0 saturated carbocycles. The van der Waals surface area contributed by atoms with Gasteiger partial charge in [-0.3, -0.25) is 9.59 Å². The quantitative estimate of drug-likeness (QED) is 0.679. The number of benzene rings is 1. The number of carbonyl (C=O) groups is 2. The van der Waals surface area contributed by atoms with Crippen LogP contribution >= 0.6 is 11.8 Å². The maximum absolute atomic E-state index is 12.3. The largest absolute Gasteiger partial charge is 0.368 e. The van der Waals surface area contributed by atoms with E-state index in [4.69, 9.17) is 5.73 Å². The molecular formula is C19H23N5O2S. The number of thioether (sulfide) groups is 1. The fourth-order valence-electron chi connectivity index (χ4n) is 3.06. The molecule has 0 spiro atoms. The van der Waals surface area contributed by atoms with E-state index >= 15 is 0 Å². The summed E-state index contributed by atoms with van der Waals surface area (Å²) in [4.78, 5) is 33.3. The van der Waals surface area contributed by atoms with Crippen molar-refractivity contribution in [3.8, 4) is 11.3 Å². The first-order valence-electron chi connectivity index (χ1n) is 8.94. The van der Waals surface area contributed by atoms with Crippen LogP contribution in [0.1, 0.15) is 35.3 Å². The van der Waals surface area contributed by atoms with Crippen LogP contribution in [-0.4, -0.2) is 40.1 Å². The summed E-state index contributed by atoms with van der Waals surface area (Å²) >= 11 is 1.41. The zero-order valence-corrected chi connectivity index (χ0v) is 16.4. The van der Waals surface area contributed by atoms with Crippen LogP contribution in [0.3, 0.4) is 0 Å². The van der Waals surface area contributed by atoms with Crippen molar-refractivity contribution in [2.45, 2.75) is 37.5 Å². The summed E-state index contributed by atoms with van der Waals surface area (Å²) in [6.07, 6.45) is 0.534. The Morgan fingerprint density at radius 1 is 1.22 bits per heavy atom.